The Hall–Kier alpha value is -2.12. The van der Waals surface area contributed by atoms with E-state index >= 15 is 0 Å². The van der Waals surface area contributed by atoms with Crippen LogP contribution in [0.3, 0.4) is 0 Å². The zero-order valence-corrected chi connectivity index (χ0v) is 18.5. The van der Waals surface area contributed by atoms with E-state index < -0.39 is 0 Å². The number of carbonyl (C=O) groups excluding carboxylic acids is 2. The van der Waals surface area contributed by atoms with Crippen molar-refractivity contribution >= 4 is 51.3 Å². The van der Waals surface area contributed by atoms with Gasteiger partial charge in [-0.2, -0.15) is 0 Å². The van der Waals surface area contributed by atoms with Gasteiger partial charge >= 0.3 is 5.91 Å². The number of nitrogens with zero attached hydrogens (tertiary/aromatic N) is 2. The summed E-state index contributed by atoms with van der Waals surface area (Å²) in [6.45, 7) is 1.66. The Morgan fingerprint density at radius 3 is 2.86 bits per heavy atom. The van der Waals surface area contributed by atoms with Crippen molar-refractivity contribution in [3.05, 3.63) is 57.4 Å². The van der Waals surface area contributed by atoms with Gasteiger partial charge in [-0.05, 0) is 52.5 Å². The molecule has 0 radical (unpaired) electrons. The molecule has 0 aromatic heterocycles. The van der Waals surface area contributed by atoms with Crippen LogP contribution in [0.15, 0.2) is 51.9 Å². The molecule has 0 N–H and O–H groups in total. The van der Waals surface area contributed by atoms with Crippen molar-refractivity contribution < 1.29 is 18.9 Å². The van der Waals surface area contributed by atoms with E-state index in [1.165, 1.54) is 11.8 Å². The van der Waals surface area contributed by atoms with Crippen molar-refractivity contribution in [2.75, 3.05) is 26.7 Å². The number of ether oxygens (including phenoxy) is 1. The van der Waals surface area contributed by atoms with Gasteiger partial charge in [0.15, 0.2) is 0 Å². The lowest BCUT2D eigenvalue weighted by Gasteiger charge is -2.22. The van der Waals surface area contributed by atoms with Crippen LogP contribution in [0.25, 0.3) is 6.08 Å². The van der Waals surface area contributed by atoms with E-state index in [1.807, 2.05) is 47.4 Å². The van der Waals surface area contributed by atoms with Crippen LogP contribution < -0.4 is 4.74 Å². The Balaban J connectivity index is 1.66. The second-order valence-electron chi connectivity index (χ2n) is 7.09. The molecule has 1 aromatic carbocycles. The van der Waals surface area contributed by atoms with Gasteiger partial charge in [-0.25, -0.2) is 4.79 Å². The molecule has 5 nitrogen and oxygen atoms in total. The van der Waals surface area contributed by atoms with E-state index in [1.54, 1.807) is 11.7 Å². The molecule has 1 unspecified atom stereocenters. The number of amides is 2. The number of hydrogen-bond donors (Lipinski definition) is 0. The molecule has 1 aromatic rings. The fourth-order valence-corrected chi connectivity index (χ4v) is 5.42. The van der Waals surface area contributed by atoms with Crippen LogP contribution in [0.2, 0.25) is 0 Å². The lowest BCUT2D eigenvalue weighted by molar-refractivity contribution is -0.435. The Morgan fingerprint density at radius 2 is 2.14 bits per heavy atom. The van der Waals surface area contributed by atoms with Crippen LogP contribution in [-0.2, 0) is 9.59 Å². The van der Waals surface area contributed by atoms with E-state index in [2.05, 4.69) is 22.0 Å². The molecule has 150 valence electrons. The van der Waals surface area contributed by atoms with Gasteiger partial charge in [-0.15, -0.1) is 4.58 Å². The predicted octanol–water partition coefficient (Wildman–Crippen LogP) is 3.64. The minimum atomic E-state index is -0.124. The molecule has 0 spiro atoms. The zero-order chi connectivity index (χ0) is 20.4. The van der Waals surface area contributed by atoms with Crippen molar-refractivity contribution in [2.24, 2.45) is 0 Å². The van der Waals surface area contributed by atoms with Gasteiger partial charge < -0.3 is 9.64 Å². The van der Waals surface area contributed by atoms with Gasteiger partial charge in [0.05, 0.1) is 11.6 Å². The van der Waals surface area contributed by atoms with Gasteiger partial charge in [0.2, 0.25) is 12.3 Å². The highest BCUT2D eigenvalue weighted by Crippen LogP contribution is 2.34. The van der Waals surface area contributed by atoms with Crippen LogP contribution >= 0.6 is 27.7 Å². The first-order valence-electron chi connectivity index (χ1n) is 9.60. The number of thioether (sulfide) groups is 1. The highest BCUT2D eigenvalue weighted by molar-refractivity contribution is 9.10. The Morgan fingerprint density at radius 1 is 1.34 bits per heavy atom. The van der Waals surface area contributed by atoms with Crippen LogP contribution in [0.4, 0.5) is 0 Å². The summed E-state index contributed by atoms with van der Waals surface area (Å²) in [6, 6.07) is 5.71. The Kier molecular flexibility index (Phi) is 6.06. The quantitative estimate of drug-likeness (QED) is 0.494. The topological polar surface area (TPSA) is 49.6 Å². The fourth-order valence-electron chi connectivity index (χ4n) is 3.68. The number of hydrogen-bond acceptors (Lipinski definition) is 4. The Labute approximate surface area is 182 Å². The molecule has 1 aliphatic carbocycles. The first-order valence-corrected chi connectivity index (χ1v) is 11.3. The summed E-state index contributed by atoms with van der Waals surface area (Å²) in [5.41, 5.74) is 1.78. The minimum absolute atomic E-state index is 0.0171. The first kappa shape index (κ1) is 20.2. The molecule has 0 saturated carbocycles. The molecule has 0 bridgehead atoms. The number of carbonyl (C=O) groups is 2. The average molecular weight is 474 g/mol. The third-order valence-corrected chi connectivity index (χ3v) is 7.02. The third-order valence-electron chi connectivity index (χ3n) is 5.20. The summed E-state index contributed by atoms with van der Waals surface area (Å²) in [5.74, 6) is 0.632. The summed E-state index contributed by atoms with van der Waals surface area (Å²) >= 11 is 5.01. The monoisotopic (exact) mass is 473 g/mol. The molecule has 4 rings (SSSR count). The van der Waals surface area contributed by atoms with Crippen molar-refractivity contribution in [3.63, 3.8) is 0 Å². The summed E-state index contributed by atoms with van der Waals surface area (Å²) in [4.78, 5) is 28.5. The van der Waals surface area contributed by atoms with E-state index in [9.17, 15) is 9.59 Å². The van der Waals surface area contributed by atoms with Crippen LogP contribution in [-0.4, -0.2) is 59.0 Å². The van der Waals surface area contributed by atoms with Crippen molar-refractivity contribution in [1.29, 1.82) is 0 Å². The van der Waals surface area contributed by atoms with Crippen molar-refractivity contribution in [3.8, 4) is 5.75 Å². The Bertz CT molecular complexity index is 974. The standard InChI is InChI=1S/C22H22BrN2O3S/c1-28-18-9-8-15(12-16(18)23)13-20-22(27)25(14-21(26)24-10-4-5-11-24)17-6-2-3-7-19(17)29-20/h2-3,6-9,12-13,19H,4-5,10-11,14H2,1H3/q+1/b20-13+. The smallest absolute Gasteiger partial charge is 0.426 e. The number of fused-ring (bicyclic) bond motifs is 1. The summed E-state index contributed by atoms with van der Waals surface area (Å²) in [7, 11) is 1.62. The maximum absolute atomic E-state index is 13.3. The highest BCUT2D eigenvalue weighted by atomic mass is 79.9. The van der Waals surface area contributed by atoms with E-state index in [0.717, 1.165) is 47.4 Å². The molecule has 29 heavy (non-hydrogen) atoms. The lowest BCUT2D eigenvalue weighted by atomic mass is 10.1. The van der Waals surface area contributed by atoms with E-state index in [-0.39, 0.29) is 23.6 Å². The zero-order valence-electron chi connectivity index (χ0n) is 16.1. The number of likely N-dealkylation sites (tertiary alicyclic amines) is 1. The second-order valence-corrected chi connectivity index (χ2v) is 9.13. The molecule has 2 heterocycles. The summed E-state index contributed by atoms with van der Waals surface area (Å²) in [6.07, 6.45) is 11.9. The average Bonchev–Trinajstić information content (AvgIpc) is 3.26. The van der Waals surface area contributed by atoms with Crippen LogP contribution in [0.5, 0.6) is 5.75 Å². The molecule has 1 fully saturated rings. The normalized spacial score (nSPS) is 22.4. The SMILES string of the molecule is COc1ccc(/C=C2/SC3C=CC=CC3=[N+](CC(=O)N3CCCC3)C2=O)cc1Br. The third kappa shape index (κ3) is 4.26. The maximum atomic E-state index is 13.3. The van der Waals surface area contributed by atoms with E-state index in [0.29, 0.717) is 4.91 Å². The first-order chi connectivity index (χ1) is 14.1. The molecule has 2 aliphatic heterocycles. The summed E-state index contributed by atoms with van der Waals surface area (Å²) in [5, 5.41) is 0.0250. The second kappa shape index (κ2) is 8.71. The molecule has 1 saturated heterocycles. The molecular weight excluding hydrogens is 452 g/mol. The van der Waals surface area contributed by atoms with Gasteiger partial charge in [-0.3, -0.25) is 4.79 Å². The number of halogens is 1. The molecule has 3 aliphatic rings. The van der Waals surface area contributed by atoms with E-state index in [4.69, 9.17) is 4.74 Å². The van der Waals surface area contributed by atoms with Crippen molar-refractivity contribution in [1.82, 2.24) is 4.90 Å². The van der Waals surface area contributed by atoms with Gasteiger partial charge in [-0.1, -0.05) is 36.1 Å². The largest absolute Gasteiger partial charge is 0.496 e. The van der Waals surface area contributed by atoms with Crippen LogP contribution in [0, 0.1) is 0 Å². The number of benzene rings is 1. The number of allylic oxidation sites excluding steroid dienone is 3. The molecule has 7 heteroatoms. The highest BCUT2D eigenvalue weighted by Gasteiger charge is 2.40. The molecule has 2 amide bonds. The van der Waals surface area contributed by atoms with Crippen LogP contribution in [0.1, 0.15) is 18.4 Å². The van der Waals surface area contributed by atoms with Crippen molar-refractivity contribution in [2.45, 2.75) is 18.1 Å². The van der Waals surface area contributed by atoms with Gasteiger partial charge in [0, 0.05) is 19.2 Å². The number of methoxy groups -OCH3 is 1. The predicted molar refractivity (Wildman–Crippen MR) is 119 cm³/mol. The van der Waals surface area contributed by atoms with Gasteiger partial charge in [0.1, 0.15) is 15.9 Å². The molecule has 1 atom stereocenters. The minimum Gasteiger partial charge on any atom is -0.496 e. The summed E-state index contributed by atoms with van der Waals surface area (Å²) < 4.78 is 7.76. The fraction of sp³-hybridized carbons (Fsp3) is 0.318. The molecular formula is C22H22BrN2O3S+. The van der Waals surface area contributed by atoms with Gasteiger partial charge in [0.25, 0.3) is 5.91 Å². The number of rotatable bonds is 4. The maximum Gasteiger partial charge on any atom is 0.426 e. The lowest BCUT2D eigenvalue weighted by Crippen LogP contribution is -2.44.